The molecule has 0 saturated carbocycles. The van der Waals surface area contributed by atoms with Gasteiger partial charge in [0.1, 0.15) is 0 Å². The van der Waals surface area contributed by atoms with Gasteiger partial charge >= 0.3 is 0 Å². The molecule has 0 aliphatic carbocycles. The van der Waals surface area contributed by atoms with Gasteiger partial charge in [0.15, 0.2) is 0 Å². The molecule has 1 aromatic heterocycles. The van der Waals surface area contributed by atoms with Crippen LogP contribution in [0.25, 0.3) is 11.3 Å². The highest BCUT2D eigenvalue weighted by Crippen LogP contribution is 2.30. The highest BCUT2D eigenvalue weighted by Gasteiger charge is 2.10. The summed E-state index contributed by atoms with van der Waals surface area (Å²) in [6, 6.07) is 6.30. The Morgan fingerprint density at radius 1 is 0.882 bits per heavy atom. The van der Waals surface area contributed by atoms with E-state index in [1.165, 1.54) is 16.7 Å². The molecule has 2 rings (SSSR count). The predicted octanol–water partition coefficient (Wildman–Crippen LogP) is 3.56. The van der Waals surface area contributed by atoms with Crippen molar-refractivity contribution in [2.24, 2.45) is 0 Å². The lowest BCUT2D eigenvalue weighted by Crippen LogP contribution is -1.98. The van der Waals surface area contributed by atoms with E-state index in [1.807, 2.05) is 19.2 Å². The zero-order valence-corrected chi connectivity index (χ0v) is 10.8. The Balaban J connectivity index is 2.69. The summed E-state index contributed by atoms with van der Waals surface area (Å²) < 4.78 is 0. The fourth-order valence-corrected chi connectivity index (χ4v) is 2.00. The molecule has 1 aromatic carbocycles. The molecule has 88 valence electrons. The molecule has 0 amide bonds. The normalized spacial score (nSPS) is 10.6. The Kier molecular flexibility index (Phi) is 2.88. The van der Waals surface area contributed by atoms with Crippen molar-refractivity contribution in [1.29, 1.82) is 0 Å². The summed E-state index contributed by atoms with van der Waals surface area (Å²) in [5.41, 5.74) is 13.8. The second kappa shape index (κ2) is 4.21. The molecule has 0 aliphatic rings. The maximum Gasteiger partial charge on any atom is 0.0936 e. The van der Waals surface area contributed by atoms with Crippen molar-refractivity contribution in [1.82, 2.24) is 4.98 Å². The summed E-state index contributed by atoms with van der Waals surface area (Å²) >= 11 is 0. The van der Waals surface area contributed by atoms with Crippen LogP contribution < -0.4 is 5.73 Å². The topological polar surface area (TPSA) is 38.9 Å². The average Bonchev–Trinajstić information content (AvgIpc) is 2.28. The molecule has 0 atom stereocenters. The first-order valence-corrected chi connectivity index (χ1v) is 5.80. The van der Waals surface area contributed by atoms with Crippen LogP contribution in [0.3, 0.4) is 0 Å². The van der Waals surface area contributed by atoms with Crippen molar-refractivity contribution in [3.05, 3.63) is 46.6 Å². The summed E-state index contributed by atoms with van der Waals surface area (Å²) in [6.07, 6.45) is 1.82. The number of hydrogen-bond donors (Lipinski definition) is 1. The van der Waals surface area contributed by atoms with Gasteiger partial charge in [-0.25, -0.2) is 0 Å². The maximum absolute atomic E-state index is 6.11. The van der Waals surface area contributed by atoms with Crippen molar-refractivity contribution in [3.8, 4) is 11.3 Å². The van der Waals surface area contributed by atoms with Crippen LogP contribution in [0.15, 0.2) is 24.4 Å². The summed E-state index contributed by atoms with van der Waals surface area (Å²) in [5.74, 6) is 0. The van der Waals surface area contributed by atoms with Crippen LogP contribution >= 0.6 is 0 Å². The maximum atomic E-state index is 6.11. The first-order chi connectivity index (χ1) is 8.00. The Morgan fingerprint density at radius 2 is 1.53 bits per heavy atom. The monoisotopic (exact) mass is 226 g/mol. The number of nitrogens with zero attached hydrogens (tertiary/aromatic N) is 1. The van der Waals surface area contributed by atoms with Gasteiger partial charge in [-0.3, -0.25) is 4.98 Å². The molecule has 0 bridgehead atoms. The van der Waals surface area contributed by atoms with E-state index in [0.29, 0.717) is 0 Å². The lowest BCUT2D eigenvalue weighted by atomic mass is 9.97. The standard InChI is InChI=1S/C15H18N2/c1-9-5-6-17-15(14(9)16)13-8-11(3)10(2)7-12(13)4/h5-8H,16H2,1-4H3. The lowest BCUT2D eigenvalue weighted by molar-refractivity contribution is 1.25. The SMILES string of the molecule is Cc1cc(C)c(-c2nccc(C)c2N)cc1C. The van der Waals surface area contributed by atoms with Crippen LogP contribution in [0.5, 0.6) is 0 Å². The number of pyridine rings is 1. The molecule has 0 aliphatic heterocycles. The zero-order valence-electron chi connectivity index (χ0n) is 10.8. The number of rotatable bonds is 1. The molecule has 2 heteroatoms. The molecule has 2 nitrogen and oxygen atoms in total. The minimum atomic E-state index is 0.777. The quantitative estimate of drug-likeness (QED) is 0.807. The Labute approximate surface area is 103 Å². The fourth-order valence-electron chi connectivity index (χ4n) is 2.00. The second-order valence-electron chi connectivity index (χ2n) is 4.64. The highest BCUT2D eigenvalue weighted by atomic mass is 14.7. The van der Waals surface area contributed by atoms with Gasteiger partial charge < -0.3 is 5.73 Å². The van der Waals surface area contributed by atoms with E-state index in [9.17, 15) is 0 Å². The van der Waals surface area contributed by atoms with Crippen LogP contribution in [0, 0.1) is 27.7 Å². The summed E-state index contributed by atoms with van der Waals surface area (Å²) in [4.78, 5) is 4.42. The van der Waals surface area contributed by atoms with Gasteiger partial charge in [-0.2, -0.15) is 0 Å². The van der Waals surface area contributed by atoms with Crippen molar-refractivity contribution in [3.63, 3.8) is 0 Å². The van der Waals surface area contributed by atoms with Gasteiger partial charge in [-0.05, 0) is 62.1 Å². The minimum absolute atomic E-state index is 0.777. The van der Waals surface area contributed by atoms with E-state index in [0.717, 1.165) is 22.5 Å². The number of aromatic nitrogens is 1. The number of nitrogen functional groups attached to an aromatic ring is 1. The van der Waals surface area contributed by atoms with E-state index in [4.69, 9.17) is 5.73 Å². The molecule has 0 fully saturated rings. The second-order valence-corrected chi connectivity index (χ2v) is 4.64. The highest BCUT2D eigenvalue weighted by molar-refractivity contribution is 5.77. The molecule has 2 aromatic rings. The Hall–Kier alpha value is -1.83. The van der Waals surface area contributed by atoms with Crippen LogP contribution in [0.2, 0.25) is 0 Å². The molecule has 0 saturated heterocycles. The zero-order chi connectivity index (χ0) is 12.6. The van der Waals surface area contributed by atoms with Gasteiger partial charge in [-0.1, -0.05) is 6.07 Å². The van der Waals surface area contributed by atoms with Gasteiger partial charge in [-0.15, -0.1) is 0 Å². The smallest absolute Gasteiger partial charge is 0.0936 e. The van der Waals surface area contributed by atoms with Gasteiger partial charge in [0.25, 0.3) is 0 Å². The van der Waals surface area contributed by atoms with Crippen LogP contribution in [0.4, 0.5) is 5.69 Å². The third-order valence-corrected chi connectivity index (χ3v) is 3.30. The van der Waals surface area contributed by atoms with Crippen LogP contribution in [-0.2, 0) is 0 Å². The van der Waals surface area contributed by atoms with Crippen molar-refractivity contribution in [2.45, 2.75) is 27.7 Å². The number of nitrogens with two attached hydrogens (primary N) is 1. The van der Waals surface area contributed by atoms with Crippen molar-refractivity contribution < 1.29 is 0 Å². The average molecular weight is 226 g/mol. The number of aryl methyl sites for hydroxylation is 4. The predicted molar refractivity (Wildman–Crippen MR) is 73.0 cm³/mol. The van der Waals surface area contributed by atoms with Crippen LogP contribution in [-0.4, -0.2) is 4.98 Å². The third-order valence-electron chi connectivity index (χ3n) is 3.30. The molecule has 2 N–H and O–H groups in total. The fraction of sp³-hybridized carbons (Fsp3) is 0.267. The molecule has 17 heavy (non-hydrogen) atoms. The van der Waals surface area contributed by atoms with E-state index in [1.54, 1.807) is 0 Å². The molecular weight excluding hydrogens is 208 g/mol. The van der Waals surface area contributed by atoms with Crippen LogP contribution in [0.1, 0.15) is 22.3 Å². The van der Waals surface area contributed by atoms with E-state index in [2.05, 4.69) is 37.9 Å². The van der Waals surface area contributed by atoms with Crippen molar-refractivity contribution in [2.75, 3.05) is 5.73 Å². The van der Waals surface area contributed by atoms with Gasteiger partial charge in [0.05, 0.1) is 11.4 Å². The van der Waals surface area contributed by atoms with E-state index in [-0.39, 0.29) is 0 Å². The number of benzene rings is 1. The molecule has 0 radical (unpaired) electrons. The van der Waals surface area contributed by atoms with Gasteiger partial charge in [0.2, 0.25) is 0 Å². The molecule has 1 heterocycles. The number of hydrogen-bond acceptors (Lipinski definition) is 2. The lowest BCUT2D eigenvalue weighted by Gasteiger charge is -2.12. The molecule has 0 spiro atoms. The van der Waals surface area contributed by atoms with E-state index < -0.39 is 0 Å². The van der Waals surface area contributed by atoms with Gasteiger partial charge in [0, 0.05) is 11.8 Å². The van der Waals surface area contributed by atoms with Crippen molar-refractivity contribution >= 4 is 5.69 Å². The number of anilines is 1. The Morgan fingerprint density at radius 3 is 2.24 bits per heavy atom. The first-order valence-electron chi connectivity index (χ1n) is 5.80. The summed E-state index contributed by atoms with van der Waals surface area (Å²) in [7, 11) is 0. The Bertz CT molecular complexity index is 571. The molecular formula is C15H18N2. The third kappa shape index (κ3) is 2.03. The minimum Gasteiger partial charge on any atom is -0.397 e. The molecule has 0 unspecified atom stereocenters. The summed E-state index contributed by atoms with van der Waals surface area (Å²) in [5, 5.41) is 0. The summed E-state index contributed by atoms with van der Waals surface area (Å²) in [6.45, 7) is 8.35. The first kappa shape index (κ1) is 11.6. The van der Waals surface area contributed by atoms with E-state index >= 15 is 0 Å². The largest absolute Gasteiger partial charge is 0.397 e.